The third-order valence-corrected chi connectivity index (χ3v) is 2.56. The molecule has 0 saturated carbocycles. The minimum Gasteiger partial charge on any atom is -0.355 e. The molecule has 2 aromatic rings. The van der Waals surface area contributed by atoms with Crippen LogP contribution in [-0.4, -0.2) is 29.9 Å². The second-order valence-corrected chi connectivity index (χ2v) is 3.91. The number of hydrogen-bond donors (Lipinski definition) is 3. The molecule has 1 heterocycles. The number of likely N-dealkylation sites (N-methyl/N-ethyl adjacent to an activating group) is 1. The van der Waals surface area contributed by atoms with E-state index in [1.54, 1.807) is 6.07 Å². The molecule has 2 amide bonds. The summed E-state index contributed by atoms with van der Waals surface area (Å²) in [7, 11) is 0. The predicted octanol–water partition coefficient (Wildman–Crippen LogP) is 1.03. The molecule has 0 bridgehead atoms. The van der Waals surface area contributed by atoms with Crippen LogP contribution in [0.1, 0.15) is 17.4 Å². The molecule has 1 aromatic carbocycles. The summed E-state index contributed by atoms with van der Waals surface area (Å²) in [5.41, 5.74) is 1.36. The molecule has 0 aliphatic carbocycles. The Kier molecular flexibility index (Phi) is 3.62. The Balaban J connectivity index is 2.02. The predicted molar refractivity (Wildman–Crippen MR) is 69.3 cm³/mol. The van der Waals surface area contributed by atoms with Crippen molar-refractivity contribution in [1.29, 1.82) is 0 Å². The molecule has 5 nitrogen and oxygen atoms in total. The summed E-state index contributed by atoms with van der Waals surface area (Å²) in [6.07, 6.45) is 0. The number of amides is 2. The Morgan fingerprint density at radius 1 is 1.22 bits per heavy atom. The molecule has 0 fully saturated rings. The first kappa shape index (κ1) is 12.2. The van der Waals surface area contributed by atoms with Crippen LogP contribution >= 0.6 is 0 Å². The molecule has 1 aromatic heterocycles. The molecule has 3 N–H and O–H groups in total. The lowest BCUT2D eigenvalue weighted by Crippen LogP contribution is -2.36. The van der Waals surface area contributed by atoms with Crippen molar-refractivity contribution in [2.45, 2.75) is 6.92 Å². The van der Waals surface area contributed by atoms with Crippen LogP contribution in [0.3, 0.4) is 0 Å². The van der Waals surface area contributed by atoms with Crippen LogP contribution in [0, 0.1) is 0 Å². The number of rotatable bonds is 4. The maximum atomic E-state index is 11.8. The molecular weight excluding hydrogens is 230 g/mol. The summed E-state index contributed by atoms with van der Waals surface area (Å²) >= 11 is 0. The largest absolute Gasteiger partial charge is 0.355 e. The van der Waals surface area contributed by atoms with E-state index in [0.29, 0.717) is 12.2 Å². The molecule has 0 unspecified atom stereocenters. The van der Waals surface area contributed by atoms with E-state index in [2.05, 4.69) is 15.6 Å². The van der Waals surface area contributed by atoms with Crippen molar-refractivity contribution in [3.8, 4) is 0 Å². The number of fused-ring (bicyclic) bond motifs is 1. The molecular formula is C13H15N3O2. The van der Waals surface area contributed by atoms with Crippen molar-refractivity contribution < 1.29 is 9.59 Å². The average molecular weight is 245 g/mol. The van der Waals surface area contributed by atoms with Crippen molar-refractivity contribution >= 4 is 22.7 Å². The monoisotopic (exact) mass is 245 g/mol. The van der Waals surface area contributed by atoms with Gasteiger partial charge in [0, 0.05) is 17.4 Å². The van der Waals surface area contributed by atoms with Gasteiger partial charge >= 0.3 is 0 Å². The Bertz CT molecular complexity index is 541. The highest BCUT2D eigenvalue weighted by Crippen LogP contribution is 2.14. The average Bonchev–Trinajstić information content (AvgIpc) is 2.80. The van der Waals surface area contributed by atoms with Gasteiger partial charge in [-0.3, -0.25) is 9.59 Å². The topological polar surface area (TPSA) is 74.0 Å². The quantitative estimate of drug-likeness (QED) is 0.752. The first-order valence-electron chi connectivity index (χ1n) is 5.83. The van der Waals surface area contributed by atoms with E-state index in [-0.39, 0.29) is 18.4 Å². The Morgan fingerprint density at radius 3 is 2.72 bits per heavy atom. The van der Waals surface area contributed by atoms with E-state index >= 15 is 0 Å². The smallest absolute Gasteiger partial charge is 0.268 e. The van der Waals surface area contributed by atoms with Crippen molar-refractivity contribution in [1.82, 2.24) is 15.6 Å². The fraction of sp³-hybridized carbons (Fsp3) is 0.231. The van der Waals surface area contributed by atoms with Gasteiger partial charge in [0.25, 0.3) is 5.91 Å². The molecule has 18 heavy (non-hydrogen) atoms. The molecule has 5 heteroatoms. The summed E-state index contributed by atoms with van der Waals surface area (Å²) in [6.45, 7) is 2.38. The SMILES string of the molecule is CCNC(=O)CNC(=O)c1cc2ccccc2[nH]1. The zero-order chi connectivity index (χ0) is 13.0. The van der Waals surface area contributed by atoms with Crippen molar-refractivity contribution in [2.24, 2.45) is 0 Å². The highest BCUT2D eigenvalue weighted by atomic mass is 16.2. The van der Waals surface area contributed by atoms with E-state index in [0.717, 1.165) is 10.9 Å². The van der Waals surface area contributed by atoms with E-state index in [4.69, 9.17) is 0 Å². The van der Waals surface area contributed by atoms with Crippen LogP contribution in [0.15, 0.2) is 30.3 Å². The molecule has 0 aliphatic heterocycles. The lowest BCUT2D eigenvalue weighted by Gasteiger charge is -2.03. The molecule has 94 valence electrons. The fourth-order valence-corrected chi connectivity index (χ4v) is 1.71. The van der Waals surface area contributed by atoms with Crippen LogP contribution in [0.5, 0.6) is 0 Å². The number of nitrogens with one attached hydrogen (secondary N) is 3. The summed E-state index contributed by atoms with van der Waals surface area (Å²) in [4.78, 5) is 26.0. The van der Waals surface area contributed by atoms with Gasteiger partial charge in [0.2, 0.25) is 5.91 Å². The van der Waals surface area contributed by atoms with E-state index in [1.807, 2.05) is 31.2 Å². The number of carbonyl (C=O) groups excluding carboxylic acids is 2. The molecule has 2 rings (SSSR count). The van der Waals surface area contributed by atoms with Gasteiger partial charge in [-0.2, -0.15) is 0 Å². The minimum absolute atomic E-state index is 0.0119. The zero-order valence-electron chi connectivity index (χ0n) is 10.1. The molecule has 0 spiro atoms. The second-order valence-electron chi connectivity index (χ2n) is 3.91. The molecule has 0 aliphatic rings. The van der Waals surface area contributed by atoms with Crippen LogP contribution in [-0.2, 0) is 4.79 Å². The Labute approximate surface area is 105 Å². The standard InChI is InChI=1S/C13H15N3O2/c1-2-14-12(17)8-15-13(18)11-7-9-5-3-4-6-10(9)16-11/h3-7,16H,2,8H2,1H3,(H,14,17)(H,15,18). The number of benzene rings is 1. The number of carbonyl (C=O) groups is 2. The maximum absolute atomic E-state index is 11.8. The summed E-state index contributed by atoms with van der Waals surface area (Å²) < 4.78 is 0. The summed E-state index contributed by atoms with van der Waals surface area (Å²) in [6, 6.07) is 9.40. The maximum Gasteiger partial charge on any atom is 0.268 e. The number of H-pyrrole nitrogens is 1. The van der Waals surface area contributed by atoms with Gasteiger partial charge in [-0.05, 0) is 19.1 Å². The number of aromatic amines is 1. The highest BCUT2D eigenvalue weighted by molar-refractivity contribution is 5.99. The van der Waals surface area contributed by atoms with Crippen LogP contribution in [0.2, 0.25) is 0 Å². The minimum atomic E-state index is -0.280. The van der Waals surface area contributed by atoms with E-state index < -0.39 is 0 Å². The normalized spacial score (nSPS) is 10.3. The Hall–Kier alpha value is -2.30. The van der Waals surface area contributed by atoms with E-state index in [9.17, 15) is 9.59 Å². The van der Waals surface area contributed by atoms with Crippen molar-refractivity contribution in [2.75, 3.05) is 13.1 Å². The molecule has 0 radical (unpaired) electrons. The van der Waals surface area contributed by atoms with E-state index in [1.165, 1.54) is 0 Å². The lowest BCUT2D eigenvalue weighted by molar-refractivity contribution is -0.120. The van der Waals surface area contributed by atoms with Gasteiger partial charge in [-0.15, -0.1) is 0 Å². The van der Waals surface area contributed by atoms with Crippen molar-refractivity contribution in [3.63, 3.8) is 0 Å². The van der Waals surface area contributed by atoms with Gasteiger partial charge in [-0.1, -0.05) is 18.2 Å². The first-order valence-corrected chi connectivity index (χ1v) is 5.83. The van der Waals surface area contributed by atoms with Gasteiger partial charge in [-0.25, -0.2) is 0 Å². The van der Waals surface area contributed by atoms with Gasteiger partial charge in [0.05, 0.1) is 6.54 Å². The second kappa shape index (κ2) is 5.35. The van der Waals surface area contributed by atoms with Crippen molar-refractivity contribution in [3.05, 3.63) is 36.0 Å². The lowest BCUT2D eigenvalue weighted by atomic mass is 10.2. The molecule has 0 atom stereocenters. The van der Waals surface area contributed by atoms with Crippen LogP contribution < -0.4 is 10.6 Å². The fourth-order valence-electron chi connectivity index (χ4n) is 1.71. The third-order valence-electron chi connectivity index (χ3n) is 2.56. The summed E-state index contributed by atoms with van der Waals surface area (Å²) in [5, 5.41) is 6.15. The number of para-hydroxylation sites is 1. The third kappa shape index (κ3) is 2.68. The van der Waals surface area contributed by atoms with Gasteiger partial charge < -0.3 is 15.6 Å². The van der Waals surface area contributed by atoms with Gasteiger partial charge in [0.15, 0.2) is 0 Å². The van der Waals surface area contributed by atoms with Crippen LogP contribution in [0.4, 0.5) is 0 Å². The zero-order valence-corrected chi connectivity index (χ0v) is 10.1. The number of aromatic nitrogens is 1. The Morgan fingerprint density at radius 2 is 2.00 bits per heavy atom. The summed E-state index contributed by atoms with van der Waals surface area (Å²) in [5.74, 6) is -0.473. The molecule has 0 saturated heterocycles. The van der Waals surface area contributed by atoms with Gasteiger partial charge in [0.1, 0.15) is 5.69 Å². The number of hydrogen-bond acceptors (Lipinski definition) is 2. The highest BCUT2D eigenvalue weighted by Gasteiger charge is 2.10. The van der Waals surface area contributed by atoms with Crippen LogP contribution in [0.25, 0.3) is 10.9 Å². The first-order chi connectivity index (χ1) is 8.70.